The normalized spacial score (nSPS) is 25.1. The lowest BCUT2D eigenvalue weighted by Crippen LogP contribution is -2.44. The summed E-state index contributed by atoms with van der Waals surface area (Å²) in [6.07, 6.45) is 4.14. The van der Waals surface area contributed by atoms with Crippen LogP contribution >= 0.6 is 0 Å². The van der Waals surface area contributed by atoms with Crippen LogP contribution in [0.4, 0.5) is 10.2 Å². The predicted molar refractivity (Wildman–Crippen MR) is 88.7 cm³/mol. The van der Waals surface area contributed by atoms with Gasteiger partial charge in [0.15, 0.2) is 11.6 Å². The first-order valence-corrected chi connectivity index (χ1v) is 8.51. The molecule has 2 atom stereocenters. The van der Waals surface area contributed by atoms with E-state index in [0.717, 1.165) is 31.9 Å². The molecule has 2 aromatic heterocycles. The van der Waals surface area contributed by atoms with Crippen LogP contribution in [-0.2, 0) is 0 Å². The topological polar surface area (TPSA) is 87.5 Å². The van der Waals surface area contributed by atoms with E-state index in [1.807, 2.05) is 4.90 Å². The maximum atomic E-state index is 14.7. The Morgan fingerprint density at radius 1 is 1.36 bits per heavy atom. The van der Waals surface area contributed by atoms with Crippen molar-refractivity contribution in [3.8, 4) is 0 Å². The van der Waals surface area contributed by atoms with Crippen LogP contribution in [0.25, 0.3) is 11.0 Å². The SMILES string of the molecule is O=C(O)c1cn(C2CC2)c2nc(N3CC4CC3CN4)c(F)cc2c1=O. The molecule has 130 valence electrons. The third kappa shape index (κ3) is 2.17. The standard InChI is InChI=1S/C17H17FN4O3/c18-13-4-11-14(23)12(17(24)25)7-22(9-1-2-9)15(11)20-16(13)21-6-8-3-10(21)5-19-8/h4,7-10,19H,1-3,5-6H2,(H,24,25). The van der Waals surface area contributed by atoms with E-state index in [1.54, 1.807) is 4.57 Å². The highest BCUT2D eigenvalue weighted by atomic mass is 19.1. The third-order valence-electron chi connectivity index (χ3n) is 5.44. The van der Waals surface area contributed by atoms with Crippen LogP contribution in [0, 0.1) is 5.82 Å². The fourth-order valence-corrected chi connectivity index (χ4v) is 4.04. The number of piperazine rings is 1. The Morgan fingerprint density at radius 3 is 2.76 bits per heavy atom. The van der Waals surface area contributed by atoms with E-state index in [0.29, 0.717) is 18.2 Å². The number of nitrogens with one attached hydrogen (secondary N) is 1. The zero-order valence-electron chi connectivity index (χ0n) is 13.4. The number of halogens is 1. The van der Waals surface area contributed by atoms with Gasteiger partial charge in [0.05, 0.1) is 5.39 Å². The summed E-state index contributed by atoms with van der Waals surface area (Å²) in [5.41, 5.74) is -0.635. The van der Waals surface area contributed by atoms with Crippen molar-refractivity contribution in [2.24, 2.45) is 0 Å². The maximum Gasteiger partial charge on any atom is 0.341 e. The highest BCUT2D eigenvalue weighted by molar-refractivity contribution is 5.92. The van der Waals surface area contributed by atoms with Crippen molar-refractivity contribution in [2.45, 2.75) is 37.4 Å². The second-order valence-corrected chi connectivity index (χ2v) is 7.13. The molecule has 0 amide bonds. The van der Waals surface area contributed by atoms with Crippen molar-refractivity contribution in [2.75, 3.05) is 18.0 Å². The maximum absolute atomic E-state index is 14.7. The average Bonchev–Trinajstić information content (AvgIpc) is 3.21. The Kier molecular flexibility index (Phi) is 2.97. The number of aromatic carboxylic acids is 1. The zero-order chi connectivity index (χ0) is 17.3. The smallest absolute Gasteiger partial charge is 0.341 e. The van der Waals surface area contributed by atoms with Crippen molar-refractivity contribution in [1.82, 2.24) is 14.9 Å². The van der Waals surface area contributed by atoms with Gasteiger partial charge in [-0.15, -0.1) is 0 Å². The van der Waals surface area contributed by atoms with Gasteiger partial charge in [0.1, 0.15) is 11.2 Å². The minimum absolute atomic E-state index is 0.0375. The number of rotatable bonds is 3. The lowest BCUT2D eigenvalue weighted by atomic mass is 10.1. The van der Waals surface area contributed by atoms with Crippen LogP contribution in [-0.4, -0.2) is 45.8 Å². The van der Waals surface area contributed by atoms with Crippen LogP contribution in [0.2, 0.25) is 0 Å². The van der Waals surface area contributed by atoms with Gasteiger partial charge in [-0.2, -0.15) is 0 Å². The number of carboxylic acids is 1. The average molecular weight is 344 g/mol. The molecule has 2 bridgehead atoms. The summed E-state index contributed by atoms with van der Waals surface area (Å²) in [6, 6.07) is 1.85. The minimum atomic E-state index is -1.30. The summed E-state index contributed by atoms with van der Waals surface area (Å²) in [5, 5.41) is 12.7. The van der Waals surface area contributed by atoms with Gasteiger partial charge in [-0.05, 0) is 25.3 Å². The minimum Gasteiger partial charge on any atom is -0.477 e. The Hall–Kier alpha value is -2.48. The van der Waals surface area contributed by atoms with Crippen LogP contribution in [0.1, 0.15) is 35.7 Å². The number of aromatic nitrogens is 2. The molecule has 7 nitrogen and oxygen atoms in total. The molecule has 1 aliphatic carbocycles. The second kappa shape index (κ2) is 5.01. The quantitative estimate of drug-likeness (QED) is 0.868. The molecule has 0 radical (unpaired) electrons. The van der Waals surface area contributed by atoms with Gasteiger partial charge in [0, 0.05) is 37.4 Å². The number of fused-ring (bicyclic) bond motifs is 3. The van der Waals surface area contributed by atoms with Crippen LogP contribution < -0.4 is 15.6 Å². The molecule has 25 heavy (non-hydrogen) atoms. The van der Waals surface area contributed by atoms with Gasteiger partial charge in [-0.25, -0.2) is 14.2 Å². The molecule has 2 N–H and O–H groups in total. The Morgan fingerprint density at radius 2 is 2.16 bits per heavy atom. The number of anilines is 1. The number of hydrogen-bond acceptors (Lipinski definition) is 5. The fraction of sp³-hybridized carbons (Fsp3) is 0.471. The lowest BCUT2D eigenvalue weighted by Gasteiger charge is -2.29. The van der Waals surface area contributed by atoms with Crippen LogP contribution in [0.15, 0.2) is 17.1 Å². The molecule has 3 aliphatic rings. The van der Waals surface area contributed by atoms with Gasteiger partial charge < -0.3 is 19.9 Å². The summed E-state index contributed by atoms with van der Waals surface area (Å²) in [7, 11) is 0. The molecular weight excluding hydrogens is 327 g/mol. The summed E-state index contributed by atoms with van der Waals surface area (Å²) in [4.78, 5) is 30.3. The van der Waals surface area contributed by atoms with Crippen LogP contribution in [0.3, 0.4) is 0 Å². The molecule has 2 aromatic rings. The largest absolute Gasteiger partial charge is 0.477 e. The molecule has 1 saturated carbocycles. The number of pyridine rings is 2. The predicted octanol–water partition coefficient (Wildman–Crippen LogP) is 1.12. The summed E-state index contributed by atoms with van der Waals surface area (Å²) >= 11 is 0. The van der Waals surface area contributed by atoms with E-state index in [2.05, 4.69) is 10.3 Å². The van der Waals surface area contributed by atoms with Crippen molar-refractivity contribution < 1.29 is 14.3 Å². The van der Waals surface area contributed by atoms with Crippen molar-refractivity contribution in [3.63, 3.8) is 0 Å². The molecule has 0 aromatic carbocycles. The zero-order valence-corrected chi connectivity index (χ0v) is 13.4. The highest BCUT2D eigenvalue weighted by Crippen LogP contribution is 2.38. The van der Waals surface area contributed by atoms with E-state index < -0.39 is 17.2 Å². The van der Waals surface area contributed by atoms with Gasteiger partial charge in [0.2, 0.25) is 5.43 Å². The number of nitrogens with zero attached hydrogens (tertiary/aromatic N) is 3. The van der Waals surface area contributed by atoms with E-state index in [1.165, 1.54) is 6.20 Å². The van der Waals surface area contributed by atoms with E-state index in [-0.39, 0.29) is 28.9 Å². The molecule has 8 heteroatoms. The van der Waals surface area contributed by atoms with Crippen molar-refractivity contribution in [3.05, 3.63) is 33.9 Å². The second-order valence-electron chi connectivity index (χ2n) is 7.13. The Labute approximate surface area is 142 Å². The molecule has 2 unspecified atom stereocenters. The summed E-state index contributed by atoms with van der Waals surface area (Å²) in [6.45, 7) is 1.50. The molecule has 2 aliphatic heterocycles. The molecule has 2 saturated heterocycles. The monoisotopic (exact) mass is 344 g/mol. The molecular formula is C17H17FN4O3. The Bertz CT molecular complexity index is 968. The first-order chi connectivity index (χ1) is 12.0. The van der Waals surface area contributed by atoms with Gasteiger partial charge >= 0.3 is 5.97 Å². The van der Waals surface area contributed by atoms with Crippen LogP contribution in [0.5, 0.6) is 0 Å². The van der Waals surface area contributed by atoms with E-state index in [9.17, 15) is 19.1 Å². The lowest BCUT2D eigenvalue weighted by molar-refractivity contribution is 0.0695. The van der Waals surface area contributed by atoms with Gasteiger partial charge in [-0.3, -0.25) is 4.79 Å². The number of carbonyl (C=O) groups is 1. The summed E-state index contributed by atoms with van der Waals surface area (Å²) < 4.78 is 16.5. The highest BCUT2D eigenvalue weighted by Gasteiger charge is 2.39. The first-order valence-electron chi connectivity index (χ1n) is 8.51. The first kappa shape index (κ1) is 14.8. The molecule has 4 heterocycles. The molecule has 3 fully saturated rings. The van der Waals surface area contributed by atoms with Crippen molar-refractivity contribution in [1.29, 1.82) is 0 Å². The fourth-order valence-electron chi connectivity index (χ4n) is 4.04. The Balaban J connectivity index is 1.73. The number of hydrogen-bond donors (Lipinski definition) is 2. The molecule has 0 spiro atoms. The van der Waals surface area contributed by atoms with Crippen molar-refractivity contribution >= 4 is 22.8 Å². The number of carboxylic acid groups (broad SMARTS) is 1. The van der Waals surface area contributed by atoms with E-state index in [4.69, 9.17) is 0 Å². The van der Waals surface area contributed by atoms with E-state index >= 15 is 0 Å². The third-order valence-corrected chi connectivity index (χ3v) is 5.44. The molecule has 5 rings (SSSR count). The summed E-state index contributed by atoms with van der Waals surface area (Å²) in [5.74, 6) is -1.60. The van der Waals surface area contributed by atoms with Gasteiger partial charge in [0.25, 0.3) is 0 Å². The van der Waals surface area contributed by atoms with Gasteiger partial charge in [-0.1, -0.05) is 0 Å².